The van der Waals surface area contributed by atoms with Gasteiger partial charge in [0.05, 0.1) is 0 Å². The van der Waals surface area contributed by atoms with Crippen LogP contribution in [0.4, 0.5) is 0 Å². The van der Waals surface area contributed by atoms with Gasteiger partial charge in [0.15, 0.2) is 0 Å². The summed E-state index contributed by atoms with van der Waals surface area (Å²) >= 11 is 0. The number of rotatable bonds is 9. The molecule has 0 atom stereocenters. The lowest BCUT2D eigenvalue weighted by atomic mass is 10.3. The molecule has 0 radical (unpaired) electrons. The molecule has 0 aliphatic carbocycles. The molecule has 0 bridgehead atoms. The van der Waals surface area contributed by atoms with Crippen molar-refractivity contribution < 1.29 is 0 Å². The fraction of sp³-hybridized carbons (Fsp3) is 1.00. The third kappa shape index (κ3) is 8.26. The van der Waals surface area contributed by atoms with Crippen molar-refractivity contribution in [2.75, 3.05) is 32.7 Å². The topological polar surface area (TPSA) is 15.3 Å². The van der Waals surface area contributed by atoms with E-state index < -0.39 is 0 Å². The Kier molecular flexibility index (Phi) is 9.94. The van der Waals surface area contributed by atoms with Crippen LogP contribution in [0, 0.1) is 0 Å². The highest BCUT2D eigenvalue weighted by Crippen LogP contribution is 1.89. The third-order valence-electron chi connectivity index (χ3n) is 2.30. The second kappa shape index (κ2) is 10.0. The van der Waals surface area contributed by atoms with E-state index in [4.69, 9.17) is 0 Å². The van der Waals surface area contributed by atoms with Gasteiger partial charge in [0.1, 0.15) is 0 Å². The summed E-state index contributed by atoms with van der Waals surface area (Å²) in [5.74, 6) is 0. The van der Waals surface area contributed by atoms with Crippen LogP contribution in [0.5, 0.6) is 0 Å². The van der Waals surface area contributed by atoms with Gasteiger partial charge in [-0.1, -0.05) is 27.2 Å². The first kappa shape index (κ1) is 12.9. The van der Waals surface area contributed by atoms with Gasteiger partial charge >= 0.3 is 0 Å². The first-order valence-corrected chi connectivity index (χ1v) is 5.78. The Hall–Kier alpha value is -0.0800. The first-order valence-electron chi connectivity index (χ1n) is 5.78. The van der Waals surface area contributed by atoms with Gasteiger partial charge in [0.25, 0.3) is 0 Å². The largest absolute Gasteiger partial charge is 0.315 e. The molecule has 0 spiro atoms. The predicted molar refractivity (Wildman–Crippen MR) is 60.2 cm³/mol. The monoisotopic (exact) mass is 186 g/mol. The van der Waals surface area contributed by atoms with Crippen molar-refractivity contribution in [3.8, 4) is 0 Å². The molecule has 2 nitrogen and oxygen atoms in total. The maximum atomic E-state index is 3.47. The Bertz CT molecular complexity index is 94.1. The maximum Gasteiger partial charge on any atom is 0.0107 e. The van der Waals surface area contributed by atoms with Gasteiger partial charge in [0, 0.05) is 13.1 Å². The van der Waals surface area contributed by atoms with Crippen molar-refractivity contribution in [1.29, 1.82) is 0 Å². The number of likely N-dealkylation sites (N-methyl/N-ethyl adjacent to an activating group) is 1. The highest BCUT2D eigenvalue weighted by atomic mass is 15.1. The van der Waals surface area contributed by atoms with E-state index in [2.05, 4.69) is 31.0 Å². The summed E-state index contributed by atoms with van der Waals surface area (Å²) < 4.78 is 0. The Labute approximate surface area is 83.7 Å². The van der Waals surface area contributed by atoms with E-state index in [-0.39, 0.29) is 0 Å². The Morgan fingerprint density at radius 1 is 0.923 bits per heavy atom. The molecule has 0 aliphatic rings. The molecule has 0 saturated carbocycles. The van der Waals surface area contributed by atoms with Crippen molar-refractivity contribution in [3.63, 3.8) is 0 Å². The third-order valence-corrected chi connectivity index (χ3v) is 2.30. The molecule has 0 aromatic heterocycles. The van der Waals surface area contributed by atoms with Crippen LogP contribution in [0.1, 0.15) is 40.0 Å². The first-order chi connectivity index (χ1) is 6.35. The lowest BCUT2D eigenvalue weighted by Crippen LogP contribution is -2.32. The maximum absolute atomic E-state index is 3.47. The summed E-state index contributed by atoms with van der Waals surface area (Å²) in [6.45, 7) is 12.7. The van der Waals surface area contributed by atoms with Crippen LogP contribution in [0.3, 0.4) is 0 Å². The Balaban J connectivity index is 3.17. The van der Waals surface area contributed by atoms with Gasteiger partial charge in [0.2, 0.25) is 0 Å². The highest BCUT2D eigenvalue weighted by molar-refractivity contribution is 4.56. The zero-order valence-corrected chi connectivity index (χ0v) is 9.60. The molecule has 0 unspecified atom stereocenters. The van der Waals surface area contributed by atoms with E-state index in [1.54, 1.807) is 0 Å². The highest BCUT2D eigenvalue weighted by Gasteiger charge is 1.98. The average molecular weight is 186 g/mol. The molecule has 0 rings (SSSR count). The second-order valence-corrected chi connectivity index (χ2v) is 3.54. The number of nitrogens with one attached hydrogen (secondary N) is 1. The number of unbranched alkanes of at least 4 members (excludes halogenated alkanes) is 1. The molecule has 0 aromatic rings. The molecule has 0 aliphatic heterocycles. The molecule has 0 heterocycles. The standard InChI is InChI=1S/C11H26N2/c1-4-7-8-12-9-11-13(6-3)10-5-2/h12H,4-11H2,1-3H3. The Morgan fingerprint density at radius 2 is 1.69 bits per heavy atom. The van der Waals surface area contributed by atoms with Gasteiger partial charge in [-0.3, -0.25) is 0 Å². The molecular formula is C11H26N2. The smallest absolute Gasteiger partial charge is 0.0107 e. The molecule has 1 N–H and O–H groups in total. The van der Waals surface area contributed by atoms with Crippen molar-refractivity contribution >= 4 is 0 Å². The zero-order valence-electron chi connectivity index (χ0n) is 9.60. The van der Waals surface area contributed by atoms with E-state index in [0.717, 1.165) is 6.54 Å². The summed E-state index contributed by atoms with van der Waals surface area (Å²) in [6.07, 6.45) is 3.86. The van der Waals surface area contributed by atoms with Crippen molar-refractivity contribution in [1.82, 2.24) is 10.2 Å². The second-order valence-electron chi connectivity index (χ2n) is 3.54. The van der Waals surface area contributed by atoms with E-state index in [0.29, 0.717) is 0 Å². The van der Waals surface area contributed by atoms with Crippen molar-refractivity contribution in [2.45, 2.75) is 40.0 Å². The molecule has 13 heavy (non-hydrogen) atoms. The van der Waals surface area contributed by atoms with Crippen LogP contribution in [0.15, 0.2) is 0 Å². The average Bonchev–Trinajstić information content (AvgIpc) is 2.16. The van der Waals surface area contributed by atoms with Crippen LogP contribution in [0.2, 0.25) is 0 Å². The summed E-state index contributed by atoms with van der Waals surface area (Å²) in [7, 11) is 0. The molecular weight excluding hydrogens is 160 g/mol. The lowest BCUT2D eigenvalue weighted by molar-refractivity contribution is 0.288. The minimum atomic E-state index is 1.15. The van der Waals surface area contributed by atoms with E-state index >= 15 is 0 Å². The van der Waals surface area contributed by atoms with Crippen molar-refractivity contribution in [2.24, 2.45) is 0 Å². The van der Waals surface area contributed by atoms with Gasteiger partial charge in [-0.2, -0.15) is 0 Å². The predicted octanol–water partition coefficient (Wildman–Crippen LogP) is 2.11. The zero-order chi connectivity index (χ0) is 9.94. The van der Waals surface area contributed by atoms with Gasteiger partial charge in [-0.05, 0) is 32.5 Å². The van der Waals surface area contributed by atoms with Crippen LogP contribution >= 0.6 is 0 Å². The van der Waals surface area contributed by atoms with Crippen LogP contribution in [-0.4, -0.2) is 37.6 Å². The minimum Gasteiger partial charge on any atom is -0.315 e. The summed E-state index contributed by atoms with van der Waals surface area (Å²) in [5, 5.41) is 3.47. The van der Waals surface area contributed by atoms with Gasteiger partial charge < -0.3 is 10.2 Å². The summed E-state index contributed by atoms with van der Waals surface area (Å²) in [4.78, 5) is 2.50. The van der Waals surface area contributed by atoms with Crippen LogP contribution in [0.25, 0.3) is 0 Å². The molecule has 0 fully saturated rings. The quantitative estimate of drug-likeness (QED) is 0.555. The van der Waals surface area contributed by atoms with E-state index in [9.17, 15) is 0 Å². The summed E-state index contributed by atoms with van der Waals surface area (Å²) in [6, 6.07) is 0. The van der Waals surface area contributed by atoms with Gasteiger partial charge in [-0.15, -0.1) is 0 Å². The fourth-order valence-corrected chi connectivity index (χ4v) is 1.41. The number of hydrogen-bond acceptors (Lipinski definition) is 2. The SMILES string of the molecule is CCCCNCCN(CC)CCC. The molecule has 80 valence electrons. The van der Waals surface area contributed by atoms with Crippen LogP contribution < -0.4 is 5.32 Å². The fourth-order valence-electron chi connectivity index (χ4n) is 1.41. The molecule has 0 saturated heterocycles. The summed E-state index contributed by atoms with van der Waals surface area (Å²) in [5.41, 5.74) is 0. The molecule has 0 amide bonds. The molecule has 0 aromatic carbocycles. The van der Waals surface area contributed by atoms with E-state index in [1.165, 1.54) is 45.4 Å². The normalized spacial score (nSPS) is 11.1. The minimum absolute atomic E-state index is 1.15. The van der Waals surface area contributed by atoms with Crippen molar-refractivity contribution in [3.05, 3.63) is 0 Å². The number of hydrogen-bond donors (Lipinski definition) is 1. The van der Waals surface area contributed by atoms with Crippen LogP contribution in [-0.2, 0) is 0 Å². The lowest BCUT2D eigenvalue weighted by Gasteiger charge is -2.19. The Morgan fingerprint density at radius 3 is 2.23 bits per heavy atom. The molecule has 2 heteroatoms. The van der Waals surface area contributed by atoms with E-state index in [1.807, 2.05) is 0 Å². The van der Waals surface area contributed by atoms with Gasteiger partial charge in [-0.25, -0.2) is 0 Å². The number of nitrogens with zero attached hydrogens (tertiary/aromatic N) is 1.